The summed E-state index contributed by atoms with van der Waals surface area (Å²) in [7, 11) is 0. The number of pyridine rings is 1. The van der Waals surface area contributed by atoms with Crippen LogP contribution in [0, 0.1) is 9.52 Å². The van der Waals surface area contributed by atoms with Gasteiger partial charge in [0.05, 0.1) is 5.56 Å². The van der Waals surface area contributed by atoms with Gasteiger partial charge >= 0.3 is 6.18 Å². The average Bonchev–Trinajstić information content (AvgIpc) is 2.66. The maximum Gasteiger partial charge on any atom is 0.419 e. The highest BCUT2D eigenvalue weighted by Crippen LogP contribution is 2.33. The van der Waals surface area contributed by atoms with Crippen molar-refractivity contribution in [3.8, 4) is 0 Å². The number of hydrogen-bond acceptors (Lipinski definition) is 2. The molecule has 0 fully saturated rings. The predicted octanol–water partition coefficient (Wildman–Crippen LogP) is 3.05. The fraction of sp³-hybridized carbons (Fsp3) is 0.333. The molecule has 0 aromatic carbocycles. The van der Waals surface area contributed by atoms with E-state index in [1.54, 1.807) is 6.92 Å². The van der Waals surface area contributed by atoms with Crippen LogP contribution in [0.15, 0.2) is 6.07 Å². The monoisotopic (exact) mass is 359 g/mol. The van der Waals surface area contributed by atoms with Crippen LogP contribution in [0.3, 0.4) is 0 Å². The van der Waals surface area contributed by atoms with Crippen LogP contribution in [0.25, 0.3) is 5.65 Å². The second-order valence-electron chi connectivity index (χ2n) is 3.31. The molecule has 0 unspecified atom stereocenters. The van der Waals surface area contributed by atoms with Crippen molar-refractivity contribution in [3.63, 3.8) is 0 Å². The van der Waals surface area contributed by atoms with E-state index in [0.717, 1.165) is 4.52 Å². The first-order valence-corrected chi connectivity index (χ1v) is 5.73. The lowest BCUT2D eigenvalue weighted by atomic mass is 10.3. The minimum absolute atomic E-state index is 0.181. The molecule has 0 N–H and O–H groups in total. The van der Waals surface area contributed by atoms with Crippen molar-refractivity contribution < 1.29 is 17.6 Å². The zero-order valence-electron chi connectivity index (χ0n) is 8.52. The van der Waals surface area contributed by atoms with E-state index in [2.05, 4.69) is 10.1 Å². The van der Waals surface area contributed by atoms with Gasteiger partial charge in [0.1, 0.15) is 3.70 Å². The Morgan fingerprint density at radius 1 is 1.41 bits per heavy atom. The van der Waals surface area contributed by atoms with Crippen molar-refractivity contribution in [2.24, 2.45) is 0 Å². The summed E-state index contributed by atoms with van der Waals surface area (Å²) in [5, 5.41) is 3.82. The second kappa shape index (κ2) is 4.07. The third-order valence-corrected chi connectivity index (χ3v) is 3.20. The van der Waals surface area contributed by atoms with Gasteiger partial charge in [0, 0.05) is 6.42 Å². The Morgan fingerprint density at radius 3 is 2.59 bits per heavy atom. The van der Waals surface area contributed by atoms with Gasteiger partial charge < -0.3 is 0 Å². The standard InChI is InChI=1S/C9H6F4IN3/c1-2-6-15-8-5(10)3-4(9(11,12)13)7(14)17(8)16-6/h3H,2H2,1H3. The maximum absolute atomic E-state index is 13.5. The molecule has 0 aliphatic heterocycles. The lowest BCUT2D eigenvalue weighted by Crippen LogP contribution is -2.12. The summed E-state index contributed by atoms with van der Waals surface area (Å²) in [6, 6.07) is 0.450. The number of aromatic nitrogens is 3. The van der Waals surface area contributed by atoms with Gasteiger partial charge in [-0.25, -0.2) is 13.9 Å². The number of halogens is 5. The van der Waals surface area contributed by atoms with Crippen LogP contribution in [0.5, 0.6) is 0 Å². The van der Waals surface area contributed by atoms with Gasteiger partial charge in [0.2, 0.25) is 0 Å². The summed E-state index contributed by atoms with van der Waals surface area (Å²) in [5.74, 6) is -0.717. The highest BCUT2D eigenvalue weighted by molar-refractivity contribution is 14.1. The Bertz CT molecular complexity index is 576. The third-order valence-electron chi connectivity index (χ3n) is 2.17. The Kier molecular flexibility index (Phi) is 3.00. The molecule has 0 aliphatic rings. The fourth-order valence-electron chi connectivity index (χ4n) is 1.36. The fourth-order valence-corrected chi connectivity index (χ4v) is 2.16. The molecule has 2 rings (SSSR count). The number of aryl methyl sites for hydroxylation is 1. The summed E-state index contributed by atoms with van der Waals surface area (Å²) in [6.45, 7) is 1.74. The number of fused-ring (bicyclic) bond motifs is 1. The van der Waals surface area contributed by atoms with Crippen LogP contribution in [0.4, 0.5) is 17.6 Å². The Morgan fingerprint density at radius 2 is 2.06 bits per heavy atom. The highest BCUT2D eigenvalue weighted by Gasteiger charge is 2.35. The quantitative estimate of drug-likeness (QED) is 0.445. The first-order chi connectivity index (χ1) is 7.84. The molecule has 2 aromatic heterocycles. The number of rotatable bonds is 1. The van der Waals surface area contributed by atoms with Gasteiger partial charge in [0.15, 0.2) is 17.3 Å². The summed E-state index contributed by atoms with van der Waals surface area (Å²) >= 11 is 1.48. The molecule has 0 amide bonds. The molecule has 0 atom stereocenters. The van der Waals surface area contributed by atoms with E-state index in [1.165, 1.54) is 22.6 Å². The molecule has 0 aliphatic carbocycles. The van der Waals surface area contributed by atoms with E-state index in [-0.39, 0.29) is 9.35 Å². The molecule has 0 radical (unpaired) electrons. The molecule has 3 nitrogen and oxygen atoms in total. The van der Waals surface area contributed by atoms with Gasteiger partial charge in [-0.05, 0) is 28.7 Å². The Labute approximate surface area is 107 Å². The predicted molar refractivity (Wildman–Crippen MR) is 60.0 cm³/mol. The first-order valence-electron chi connectivity index (χ1n) is 4.65. The van der Waals surface area contributed by atoms with E-state index < -0.39 is 17.6 Å². The number of hydrogen-bond donors (Lipinski definition) is 0. The largest absolute Gasteiger partial charge is 0.419 e. The van der Waals surface area contributed by atoms with Crippen LogP contribution in [0.2, 0.25) is 0 Å². The van der Waals surface area contributed by atoms with Crippen LogP contribution in [-0.2, 0) is 12.6 Å². The van der Waals surface area contributed by atoms with E-state index >= 15 is 0 Å². The SMILES string of the molecule is CCc1nc2c(F)cc(C(F)(F)F)c(I)n2n1. The molecule has 2 heterocycles. The van der Waals surface area contributed by atoms with Crippen molar-refractivity contribution >= 4 is 28.2 Å². The molecule has 92 valence electrons. The lowest BCUT2D eigenvalue weighted by molar-refractivity contribution is -0.138. The minimum atomic E-state index is -4.61. The van der Waals surface area contributed by atoms with Gasteiger partial charge in [-0.1, -0.05) is 6.92 Å². The van der Waals surface area contributed by atoms with E-state index in [9.17, 15) is 17.6 Å². The third kappa shape index (κ3) is 2.09. The zero-order valence-corrected chi connectivity index (χ0v) is 10.7. The van der Waals surface area contributed by atoms with E-state index in [1.807, 2.05) is 0 Å². The lowest BCUT2D eigenvalue weighted by Gasteiger charge is -2.09. The molecular weight excluding hydrogens is 353 g/mol. The minimum Gasteiger partial charge on any atom is -0.209 e. The molecule has 17 heavy (non-hydrogen) atoms. The highest BCUT2D eigenvalue weighted by atomic mass is 127. The summed E-state index contributed by atoms with van der Waals surface area (Å²) in [5.41, 5.74) is -1.23. The van der Waals surface area contributed by atoms with Gasteiger partial charge in [0.25, 0.3) is 0 Å². The van der Waals surface area contributed by atoms with Crippen LogP contribution < -0.4 is 0 Å². The molecule has 0 bridgehead atoms. The first kappa shape index (κ1) is 12.5. The Hall–Kier alpha value is -0.930. The summed E-state index contributed by atoms with van der Waals surface area (Å²) < 4.78 is 52.0. The van der Waals surface area contributed by atoms with E-state index in [4.69, 9.17) is 0 Å². The van der Waals surface area contributed by atoms with Crippen molar-refractivity contribution in [2.75, 3.05) is 0 Å². The van der Waals surface area contributed by atoms with Crippen molar-refractivity contribution in [1.82, 2.24) is 14.6 Å². The van der Waals surface area contributed by atoms with Crippen LogP contribution in [-0.4, -0.2) is 14.6 Å². The normalized spacial score (nSPS) is 12.4. The number of nitrogens with zero attached hydrogens (tertiary/aromatic N) is 3. The molecule has 2 aromatic rings. The van der Waals surface area contributed by atoms with Crippen LogP contribution >= 0.6 is 22.6 Å². The molecule has 0 saturated heterocycles. The van der Waals surface area contributed by atoms with Gasteiger partial charge in [-0.2, -0.15) is 18.3 Å². The smallest absolute Gasteiger partial charge is 0.209 e. The summed E-state index contributed by atoms with van der Waals surface area (Å²) in [4.78, 5) is 3.82. The zero-order chi connectivity index (χ0) is 12.8. The Balaban J connectivity index is 2.79. The maximum atomic E-state index is 13.5. The van der Waals surface area contributed by atoms with Gasteiger partial charge in [-0.15, -0.1) is 0 Å². The summed E-state index contributed by atoms with van der Waals surface area (Å²) in [6.07, 6.45) is -4.18. The van der Waals surface area contributed by atoms with Crippen molar-refractivity contribution in [3.05, 3.63) is 27.0 Å². The molecular formula is C9H6F4IN3. The molecule has 8 heteroatoms. The van der Waals surface area contributed by atoms with Gasteiger partial charge in [-0.3, -0.25) is 0 Å². The van der Waals surface area contributed by atoms with Crippen molar-refractivity contribution in [2.45, 2.75) is 19.5 Å². The van der Waals surface area contributed by atoms with Crippen molar-refractivity contribution in [1.29, 1.82) is 0 Å². The second-order valence-corrected chi connectivity index (χ2v) is 4.33. The number of alkyl halides is 3. The topological polar surface area (TPSA) is 30.2 Å². The van der Waals surface area contributed by atoms with E-state index in [0.29, 0.717) is 18.3 Å². The van der Waals surface area contributed by atoms with Crippen LogP contribution in [0.1, 0.15) is 18.3 Å². The molecule has 0 saturated carbocycles. The average molecular weight is 359 g/mol. The molecule has 0 spiro atoms.